The molecule has 0 aromatic heterocycles. The molecule has 2 nitrogen and oxygen atoms in total. The quantitative estimate of drug-likeness (QED) is 0.827. The third-order valence-corrected chi connectivity index (χ3v) is 2.67. The molecule has 17 heavy (non-hydrogen) atoms. The number of alkyl halides is 2. The van der Waals surface area contributed by atoms with Gasteiger partial charge in [-0.1, -0.05) is 31.2 Å². The van der Waals surface area contributed by atoms with E-state index in [1.807, 2.05) is 6.92 Å². The molecule has 94 valence electrons. The second kappa shape index (κ2) is 5.75. The standard InChI is InChI=1S/C13H16F2O2/c1-2-10-5-7-11(8-6-10)13(14,15)9-3-4-12(16)17/h5-8H,2-4,9H2,1H3,(H,16,17). The van der Waals surface area contributed by atoms with Crippen LogP contribution in [-0.2, 0) is 17.1 Å². The Kier molecular flexibility index (Phi) is 4.61. The van der Waals surface area contributed by atoms with Gasteiger partial charge in [-0.3, -0.25) is 4.79 Å². The predicted octanol–water partition coefficient (Wildman–Crippen LogP) is 3.60. The van der Waals surface area contributed by atoms with Gasteiger partial charge in [-0.15, -0.1) is 0 Å². The van der Waals surface area contributed by atoms with Gasteiger partial charge in [-0.05, 0) is 18.4 Å². The van der Waals surface area contributed by atoms with Gasteiger partial charge in [0.1, 0.15) is 0 Å². The maximum atomic E-state index is 13.6. The van der Waals surface area contributed by atoms with E-state index < -0.39 is 18.3 Å². The summed E-state index contributed by atoms with van der Waals surface area (Å²) in [5, 5.41) is 8.40. The zero-order valence-corrected chi connectivity index (χ0v) is 9.75. The normalized spacial score (nSPS) is 11.5. The number of halogens is 2. The van der Waals surface area contributed by atoms with Crippen LogP contribution in [0.5, 0.6) is 0 Å². The van der Waals surface area contributed by atoms with E-state index in [1.54, 1.807) is 12.1 Å². The summed E-state index contributed by atoms with van der Waals surface area (Å²) in [6.45, 7) is 1.96. The second-order valence-corrected chi connectivity index (χ2v) is 4.00. The molecular formula is C13H16F2O2. The molecular weight excluding hydrogens is 226 g/mol. The van der Waals surface area contributed by atoms with Crippen molar-refractivity contribution < 1.29 is 18.7 Å². The van der Waals surface area contributed by atoms with Crippen molar-refractivity contribution in [2.45, 2.75) is 38.5 Å². The SMILES string of the molecule is CCc1ccc(C(F)(F)CCCC(=O)O)cc1. The summed E-state index contributed by atoms with van der Waals surface area (Å²) >= 11 is 0. The lowest BCUT2D eigenvalue weighted by molar-refractivity contribution is -0.137. The highest BCUT2D eigenvalue weighted by atomic mass is 19.3. The first-order chi connectivity index (χ1) is 7.95. The summed E-state index contributed by atoms with van der Waals surface area (Å²) in [7, 11) is 0. The van der Waals surface area contributed by atoms with Crippen molar-refractivity contribution in [2.24, 2.45) is 0 Å². The molecule has 0 amide bonds. The molecule has 0 fully saturated rings. The van der Waals surface area contributed by atoms with Gasteiger partial charge in [0.15, 0.2) is 0 Å². The van der Waals surface area contributed by atoms with E-state index in [1.165, 1.54) is 12.1 Å². The highest BCUT2D eigenvalue weighted by Crippen LogP contribution is 2.33. The van der Waals surface area contributed by atoms with Gasteiger partial charge in [0.25, 0.3) is 5.92 Å². The van der Waals surface area contributed by atoms with E-state index in [2.05, 4.69) is 0 Å². The van der Waals surface area contributed by atoms with Crippen LogP contribution in [0, 0.1) is 0 Å². The van der Waals surface area contributed by atoms with E-state index >= 15 is 0 Å². The van der Waals surface area contributed by atoms with Crippen molar-refractivity contribution in [1.29, 1.82) is 0 Å². The van der Waals surface area contributed by atoms with Crippen LogP contribution in [0.3, 0.4) is 0 Å². The number of hydrogen-bond donors (Lipinski definition) is 1. The number of aryl methyl sites for hydroxylation is 1. The van der Waals surface area contributed by atoms with Crippen molar-refractivity contribution in [3.63, 3.8) is 0 Å². The second-order valence-electron chi connectivity index (χ2n) is 4.00. The first-order valence-corrected chi connectivity index (χ1v) is 5.64. The molecule has 1 aromatic carbocycles. The van der Waals surface area contributed by atoms with E-state index in [4.69, 9.17) is 5.11 Å². The summed E-state index contributed by atoms with van der Waals surface area (Å²) in [6, 6.07) is 6.19. The number of benzene rings is 1. The molecule has 0 bridgehead atoms. The van der Waals surface area contributed by atoms with Gasteiger partial charge in [0, 0.05) is 18.4 Å². The molecule has 0 aliphatic carbocycles. The van der Waals surface area contributed by atoms with E-state index in [0.717, 1.165) is 12.0 Å². The molecule has 0 aliphatic heterocycles. The molecule has 0 heterocycles. The largest absolute Gasteiger partial charge is 0.481 e. The summed E-state index contributed by atoms with van der Waals surface area (Å²) in [6.07, 6.45) is 0.149. The molecule has 0 atom stereocenters. The average Bonchev–Trinajstić information content (AvgIpc) is 2.28. The van der Waals surface area contributed by atoms with Gasteiger partial charge in [0.05, 0.1) is 0 Å². The molecule has 1 rings (SSSR count). The molecule has 0 unspecified atom stereocenters. The van der Waals surface area contributed by atoms with Crippen LogP contribution in [0.4, 0.5) is 8.78 Å². The summed E-state index contributed by atoms with van der Waals surface area (Å²) in [5.41, 5.74) is 0.968. The fourth-order valence-corrected chi connectivity index (χ4v) is 1.59. The average molecular weight is 242 g/mol. The van der Waals surface area contributed by atoms with E-state index in [9.17, 15) is 13.6 Å². The minimum absolute atomic E-state index is 0.0160. The first kappa shape index (κ1) is 13.6. The monoisotopic (exact) mass is 242 g/mol. The van der Waals surface area contributed by atoms with Crippen LogP contribution in [0.15, 0.2) is 24.3 Å². The van der Waals surface area contributed by atoms with Crippen molar-refractivity contribution >= 4 is 5.97 Å². The molecule has 0 saturated carbocycles. The van der Waals surface area contributed by atoms with Crippen LogP contribution < -0.4 is 0 Å². The van der Waals surface area contributed by atoms with Gasteiger partial charge in [-0.2, -0.15) is 0 Å². The molecule has 0 saturated heterocycles. The van der Waals surface area contributed by atoms with Crippen molar-refractivity contribution in [3.8, 4) is 0 Å². The Bertz CT molecular complexity index is 372. The molecule has 0 aliphatic rings. The van der Waals surface area contributed by atoms with Crippen LogP contribution in [0.25, 0.3) is 0 Å². The van der Waals surface area contributed by atoms with E-state index in [-0.39, 0.29) is 18.4 Å². The van der Waals surface area contributed by atoms with Crippen LogP contribution in [0.1, 0.15) is 37.3 Å². The third-order valence-electron chi connectivity index (χ3n) is 2.67. The highest BCUT2D eigenvalue weighted by molar-refractivity contribution is 5.66. The Morgan fingerprint density at radius 3 is 2.35 bits per heavy atom. The Morgan fingerprint density at radius 1 is 1.29 bits per heavy atom. The minimum atomic E-state index is -2.94. The fourth-order valence-electron chi connectivity index (χ4n) is 1.59. The predicted molar refractivity (Wildman–Crippen MR) is 61.2 cm³/mol. The molecule has 4 heteroatoms. The maximum absolute atomic E-state index is 13.6. The number of aliphatic carboxylic acids is 1. The van der Waals surface area contributed by atoms with Crippen LogP contribution in [0.2, 0.25) is 0 Å². The zero-order valence-electron chi connectivity index (χ0n) is 9.75. The van der Waals surface area contributed by atoms with Gasteiger partial charge < -0.3 is 5.11 Å². The lowest BCUT2D eigenvalue weighted by Crippen LogP contribution is -2.14. The number of carbonyl (C=O) groups is 1. The number of hydrogen-bond acceptors (Lipinski definition) is 1. The minimum Gasteiger partial charge on any atom is -0.481 e. The van der Waals surface area contributed by atoms with Gasteiger partial charge in [-0.25, -0.2) is 8.78 Å². The van der Waals surface area contributed by atoms with E-state index in [0.29, 0.717) is 0 Å². The van der Waals surface area contributed by atoms with Gasteiger partial charge >= 0.3 is 5.97 Å². The third kappa shape index (κ3) is 4.13. The summed E-state index contributed by atoms with van der Waals surface area (Å²) in [5.74, 6) is -3.98. The Balaban J connectivity index is 2.64. The lowest BCUT2D eigenvalue weighted by Gasteiger charge is -2.16. The topological polar surface area (TPSA) is 37.3 Å². The molecule has 0 spiro atoms. The first-order valence-electron chi connectivity index (χ1n) is 5.64. The summed E-state index contributed by atoms with van der Waals surface area (Å²) < 4.78 is 27.3. The molecule has 1 aromatic rings. The van der Waals surface area contributed by atoms with Crippen molar-refractivity contribution in [3.05, 3.63) is 35.4 Å². The maximum Gasteiger partial charge on any atom is 0.303 e. The summed E-state index contributed by atoms with van der Waals surface area (Å²) in [4.78, 5) is 10.3. The molecule has 0 radical (unpaired) electrons. The lowest BCUT2D eigenvalue weighted by atomic mass is 10.0. The number of carboxylic acid groups (broad SMARTS) is 1. The molecule has 1 N–H and O–H groups in total. The smallest absolute Gasteiger partial charge is 0.303 e. The Morgan fingerprint density at radius 2 is 1.88 bits per heavy atom. The Labute approximate surface area is 99.3 Å². The number of carboxylic acids is 1. The number of rotatable bonds is 6. The van der Waals surface area contributed by atoms with Crippen LogP contribution in [-0.4, -0.2) is 11.1 Å². The highest BCUT2D eigenvalue weighted by Gasteiger charge is 2.30. The van der Waals surface area contributed by atoms with Crippen molar-refractivity contribution in [1.82, 2.24) is 0 Å². The fraction of sp³-hybridized carbons (Fsp3) is 0.462. The van der Waals surface area contributed by atoms with Crippen molar-refractivity contribution in [2.75, 3.05) is 0 Å². The zero-order chi connectivity index (χ0) is 12.9. The Hall–Kier alpha value is -1.45. The van der Waals surface area contributed by atoms with Crippen LogP contribution >= 0.6 is 0 Å². The van der Waals surface area contributed by atoms with Gasteiger partial charge in [0.2, 0.25) is 0 Å².